The fourth-order valence-electron chi connectivity index (χ4n) is 3.18. The summed E-state index contributed by atoms with van der Waals surface area (Å²) in [6, 6.07) is 7.39. The standard InChI is InChI=1S/C20H29N7O4S/c1-20(2,3)31-19(28)26-32(29,30)23-14-15-8-12-27(13-9-15)17-7-11-22-18(25-17)24-16-6-4-5-10-21-16/h4-7,10-11,15,23H,8-9,12-14H2,1-3H3,(H,26,28)(H,21,22,24,25). The van der Waals surface area contributed by atoms with Crippen molar-refractivity contribution in [2.45, 2.75) is 39.2 Å². The summed E-state index contributed by atoms with van der Waals surface area (Å²) in [7, 11) is -3.98. The number of hydrogen-bond donors (Lipinski definition) is 3. The molecule has 11 nitrogen and oxygen atoms in total. The number of aromatic nitrogens is 3. The first-order valence-electron chi connectivity index (χ1n) is 10.4. The zero-order valence-corrected chi connectivity index (χ0v) is 19.2. The molecule has 0 aliphatic carbocycles. The van der Waals surface area contributed by atoms with Crippen LogP contribution >= 0.6 is 0 Å². The van der Waals surface area contributed by atoms with Crippen molar-refractivity contribution >= 4 is 33.9 Å². The van der Waals surface area contributed by atoms with Gasteiger partial charge in [-0.3, -0.25) is 0 Å². The molecule has 32 heavy (non-hydrogen) atoms. The first-order valence-corrected chi connectivity index (χ1v) is 11.8. The Bertz CT molecular complexity index is 1000. The van der Waals surface area contributed by atoms with E-state index in [9.17, 15) is 13.2 Å². The summed E-state index contributed by atoms with van der Waals surface area (Å²) < 4.78 is 33.4. The largest absolute Gasteiger partial charge is 0.443 e. The lowest BCUT2D eigenvalue weighted by Crippen LogP contribution is -2.45. The highest BCUT2D eigenvalue weighted by molar-refractivity contribution is 7.88. The predicted octanol–water partition coefficient (Wildman–Crippen LogP) is 2.19. The van der Waals surface area contributed by atoms with E-state index in [2.05, 4.69) is 29.9 Å². The molecule has 0 atom stereocenters. The van der Waals surface area contributed by atoms with Crippen molar-refractivity contribution in [2.24, 2.45) is 5.92 Å². The van der Waals surface area contributed by atoms with Crippen LogP contribution in [0, 0.1) is 5.92 Å². The summed E-state index contributed by atoms with van der Waals surface area (Å²) in [4.78, 5) is 26.8. The van der Waals surface area contributed by atoms with E-state index in [0.29, 0.717) is 11.8 Å². The molecule has 3 N–H and O–H groups in total. The van der Waals surface area contributed by atoms with Gasteiger partial charge in [0.1, 0.15) is 17.2 Å². The number of nitrogens with one attached hydrogen (secondary N) is 3. The molecule has 2 aromatic rings. The summed E-state index contributed by atoms with van der Waals surface area (Å²) in [5, 5.41) is 3.08. The molecule has 0 spiro atoms. The molecule has 0 radical (unpaired) electrons. The van der Waals surface area contributed by atoms with Crippen LogP contribution in [0.25, 0.3) is 0 Å². The number of anilines is 3. The molecule has 0 unspecified atom stereocenters. The molecule has 1 fully saturated rings. The van der Waals surface area contributed by atoms with Gasteiger partial charge in [-0.2, -0.15) is 18.1 Å². The second kappa shape index (κ2) is 10.1. The van der Waals surface area contributed by atoms with Crippen LogP contribution < -0.4 is 19.7 Å². The normalized spacial score (nSPS) is 15.3. The number of ether oxygens (including phenoxy) is 1. The summed E-state index contributed by atoms with van der Waals surface area (Å²) in [6.45, 7) is 6.68. The monoisotopic (exact) mass is 463 g/mol. The second-order valence-corrected chi connectivity index (χ2v) is 9.96. The van der Waals surface area contributed by atoms with Gasteiger partial charge in [-0.1, -0.05) is 6.07 Å². The number of piperidine rings is 1. The van der Waals surface area contributed by atoms with E-state index in [0.717, 1.165) is 31.7 Å². The van der Waals surface area contributed by atoms with Gasteiger partial charge >= 0.3 is 16.3 Å². The van der Waals surface area contributed by atoms with Crippen molar-refractivity contribution in [3.05, 3.63) is 36.7 Å². The lowest BCUT2D eigenvalue weighted by atomic mass is 9.97. The molecule has 1 aliphatic heterocycles. The van der Waals surface area contributed by atoms with E-state index < -0.39 is 21.9 Å². The number of carbonyl (C=O) groups excluding carboxylic acids is 1. The summed E-state index contributed by atoms with van der Waals surface area (Å²) in [5.41, 5.74) is -0.777. The summed E-state index contributed by atoms with van der Waals surface area (Å²) in [5.74, 6) is 2.07. The van der Waals surface area contributed by atoms with Crippen molar-refractivity contribution < 1.29 is 17.9 Å². The average molecular weight is 464 g/mol. The molecule has 0 aromatic carbocycles. The Balaban J connectivity index is 1.47. The van der Waals surface area contributed by atoms with E-state index in [1.165, 1.54) is 0 Å². The van der Waals surface area contributed by atoms with Gasteiger partial charge in [0.2, 0.25) is 5.95 Å². The van der Waals surface area contributed by atoms with Crippen LogP contribution in [0.3, 0.4) is 0 Å². The maximum atomic E-state index is 12.1. The minimum absolute atomic E-state index is 0.148. The third-order valence-corrected chi connectivity index (χ3v) is 5.64. The van der Waals surface area contributed by atoms with Crippen LogP contribution in [0.15, 0.2) is 36.7 Å². The number of nitrogens with zero attached hydrogens (tertiary/aromatic N) is 4. The molecule has 174 valence electrons. The molecule has 3 heterocycles. The van der Waals surface area contributed by atoms with E-state index in [-0.39, 0.29) is 12.5 Å². The minimum atomic E-state index is -3.98. The quantitative estimate of drug-likeness (QED) is 0.564. The Morgan fingerprint density at radius 1 is 1.16 bits per heavy atom. The van der Waals surface area contributed by atoms with E-state index >= 15 is 0 Å². The van der Waals surface area contributed by atoms with Crippen LogP contribution in [-0.4, -0.2) is 54.7 Å². The molecule has 0 bridgehead atoms. The molecule has 1 amide bonds. The van der Waals surface area contributed by atoms with Gasteiger partial charge in [-0.05, 0) is 57.7 Å². The minimum Gasteiger partial charge on any atom is -0.443 e. The van der Waals surface area contributed by atoms with E-state index in [4.69, 9.17) is 4.74 Å². The summed E-state index contributed by atoms with van der Waals surface area (Å²) in [6.07, 6.45) is 3.94. The van der Waals surface area contributed by atoms with Crippen LogP contribution in [-0.2, 0) is 14.9 Å². The highest BCUT2D eigenvalue weighted by Gasteiger charge is 2.24. The Morgan fingerprint density at radius 2 is 1.91 bits per heavy atom. The Hall–Kier alpha value is -2.99. The number of pyridine rings is 1. The molecule has 2 aromatic heterocycles. The van der Waals surface area contributed by atoms with Gasteiger partial charge in [0.15, 0.2) is 0 Å². The van der Waals surface area contributed by atoms with Crippen LogP contribution in [0.5, 0.6) is 0 Å². The first kappa shape index (κ1) is 23.7. The fourth-order valence-corrected chi connectivity index (χ4v) is 3.96. The van der Waals surface area contributed by atoms with Crippen molar-refractivity contribution in [1.82, 2.24) is 24.4 Å². The van der Waals surface area contributed by atoms with Gasteiger partial charge in [0.05, 0.1) is 0 Å². The number of hydrogen-bond acceptors (Lipinski definition) is 9. The van der Waals surface area contributed by atoms with Crippen molar-refractivity contribution in [1.29, 1.82) is 0 Å². The second-order valence-electron chi connectivity index (χ2n) is 8.46. The van der Waals surface area contributed by atoms with Crippen LogP contribution in [0.1, 0.15) is 33.6 Å². The topological polar surface area (TPSA) is 138 Å². The number of rotatable bonds is 7. The Labute approximate surface area is 188 Å². The van der Waals surface area contributed by atoms with E-state index in [1.807, 2.05) is 29.0 Å². The Kier molecular flexibility index (Phi) is 7.46. The zero-order valence-electron chi connectivity index (χ0n) is 18.4. The number of carbonyl (C=O) groups is 1. The lowest BCUT2D eigenvalue weighted by molar-refractivity contribution is 0.0569. The lowest BCUT2D eigenvalue weighted by Gasteiger charge is -2.32. The van der Waals surface area contributed by atoms with E-state index in [1.54, 1.807) is 33.2 Å². The molecule has 3 rings (SSSR count). The first-order chi connectivity index (χ1) is 15.1. The maximum absolute atomic E-state index is 12.1. The van der Waals surface area contributed by atoms with Crippen molar-refractivity contribution in [3.63, 3.8) is 0 Å². The fraction of sp³-hybridized carbons (Fsp3) is 0.500. The van der Waals surface area contributed by atoms with Crippen LogP contribution in [0.2, 0.25) is 0 Å². The van der Waals surface area contributed by atoms with Crippen molar-refractivity contribution in [3.8, 4) is 0 Å². The molecule has 1 aliphatic rings. The molecular weight excluding hydrogens is 434 g/mol. The number of amides is 1. The molecule has 1 saturated heterocycles. The maximum Gasteiger partial charge on any atom is 0.422 e. The van der Waals surface area contributed by atoms with Crippen molar-refractivity contribution in [2.75, 3.05) is 29.9 Å². The molecule has 12 heteroatoms. The predicted molar refractivity (Wildman–Crippen MR) is 121 cm³/mol. The molecular formula is C20H29N7O4S. The highest BCUT2D eigenvalue weighted by Crippen LogP contribution is 2.22. The Morgan fingerprint density at radius 3 is 2.56 bits per heavy atom. The van der Waals surface area contributed by atoms with Gasteiger partial charge < -0.3 is 15.0 Å². The summed E-state index contributed by atoms with van der Waals surface area (Å²) >= 11 is 0. The molecule has 0 saturated carbocycles. The third kappa shape index (κ3) is 7.61. The van der Waals surface area contributed by atoms with Crippen LogP contribution in [0.4, 0.5) is 22.4 Å². The highest BCUT2D eigenvalue weighted by atomic mass is 32.2. The van der Waals surface area contributed by atoms with Gasteiger partial charge in [-0.25, -0.2) is 19.5 Å². The van der Waals surface area contributed by atoms with Gasteiger partial charge in [-0.15, -0.1) is 0 Å². The van der Waals surface area contributed by atoms with Gasteiger partial charge in [0, 0.05) is 32.0 Å². The zero-order chi connectivity index (χ0) is 23.2. The van der Waals surface area contributed by atoms with Gasteiger partial charge in [0.25, 0.3) is 0 Å². The average Bonchev–Trinajstić information content (AvgIpc) is 2.72. The smallest absolute Gasteiger partial charge is 0.422 e. The third-order valence-electron chi connectivity index (χ3n) is 4.66. The SMILES string of the molecule is CC(C)(C)OC(=O)NS(=O)(=O)NCC1CCN(c2ccnc(Nc3ccccn3)n2)CC1.